The van der Waals surface area contributed by atoms with Crippen molar-refractivity contribution < 1.29 is 4.79 Å². The van der Waals surface area contributed by atoms with Crippen molar-refractivity contribution >= 4 is 5.91 Å². The van der Waals surface area contributed by atoms with Crippen molar-refractivity contribution in [3.8, 4) is 0 Å². The van der Waals surface area contributed by atoms with Gasteiger partial charge in [-0.05, 0) is 24.8 Å². The van der Waals surface area contributed by atoms with Crippen molar-refractivity contribution in [3.63, 3.8) is 0 Å². The van der Waals surface area contributed by atoms with Gasteiger partial charge in [0.1, 0.15) is 0 Å². The minimum atomic E-state index is 0.146. The lowest BCUT2D eigenvalue weighted by atomic mass is 10.0. The SMILES string of the molecule is CC(C)CC(=O)NC(CCN)C(C)C. The molecule has 3 N–H and O–H groups in total. The molecule has 0 saturated carbocycles. The highest BCUT2D eigenvalue weighted by Crippen LogP contribution is 2.07. The highest BCUT2D eigenvalue weighted by Gasteiger charge is 2.15. The Bertz CT molecular complexity index is 167. The van der Waals surface area contributed by atoms with E-state index in [4.69, 9.17) is 5.73 Å². The Morgan fingerprint density at radius 3 is 2.21 bits per heavy atom. The molecule has 0 heterocycles. The monoisotopic (exact) mass is 200 g/mol. The molecular weight excluding hydrogens is 176 g/mol. The first kappa shape index (κ1) is 13.4. The van der Waals surface area contributed by atoms with Gasteiger partial charge >= 0.3 is 0 Å². The summed E-state index contributed by atoms with van der Waals surface area (Å²) in [5.74, 6) is 1.02. The third kappa shape index (κ3) is 5.97. The normalized spacial score (nSPS) is 13.4. The van der Waals surface area contributed by atoms with Crippen molar-refractivity contribution in [2.75, 3.05) is 6.54 Å². The predicted octanol–water partition coefficient (Wildman–Crippen LogP) is 1.52. The zero-order chi connectivity index (χ0) is 11.1. The summed E-state index contributed by atoms with van der Waals surface area (Å²) in [4.78, 5) is 11.5. The van der Waals surface area contributed by atoms with Crippen molar-refractivity contribution in [1.82, 2.24) is 5.32 Å². The quantitative estimate of drug-likeness (QED) is 0.683. The summed E-state index contributed by atoms with van der Waals surface area (Å²) in [5.41, 5.74) is 5.49. The molecule has 0 aromatic carbocycles. The summed E-state index contributed by atoms with van der Waals surface area (Å²) in [5, 5.41) is 3.03. The third-order valence-corrected chi connectivity index (χ3v) is 2.22. The van der Waals surface area contributed by atoms with E-state index in [0.717, 1.165) is 6.42 Å². The van der Waals surface area contributed by atoms with Crippen molar-refractivity contribution in [2.45, 2.75) is 46.6 Å². The predicted molar refractivity (Wildman–Crippen MR) is 59.9 cm³/mol. The van der Waals surface area contributed by atoms with Gasteiger partial charge < -0.3 is 11.1 Å². The minimum absolute atomic E-state index is 0.146. The van der Waals surface area contributed by atoms with E-state index in [0.29, 0.717) is 24.8 Å². The first-order valence-electron chi connectivity index (χ1n) is 5.46. The Balaban J connectivity index is 3.96. The van der Waals surface area contributed by atoms with Gasteiger partial charge in [-0.1, -0.05) is 27.7 Å². The summed E-state index contributed by atoms with van der Waals surface area (Å²) in [6.45, 7) is 8.94. The molecule has 0 aromatic heterocycles. The molecule has 0 bridgehead atoms. The van der Waals surface area contributed by atoms with Gasteiger partial charge in [-0.25, -0.2) is 0 Å². The molecule has 0 saturated heterocycles. The molecule has 1 unspecified atom stereocenters. The van der Waals surface area contributed by atoms with Crippen LogP contribution >= 0.6 is 0 Å². The molecule has 0 rings (SSSR count). The molecule has 0 aliphatic carbocycles. The van der Waals surface area contributed by atoms with E-state index in [1.54, 1.807) is 0 Å². The summed E-state index contributed by atoms with van der Waals surface area (Å²) in [7, 11) is 0. The lowest BCUT2D eigenvalue weighted by molar-refractivity contribution is -0.122. The van der Waals surface area contributed by atoms with Crippen LogP contribution in [0, 0.1) is 11.8 Å². The topological polar surface area (TPSA) is 55.1 Å². The summed E-state index contributed by atoms with van der Waals surface area (Å²) in [6, 6.07) is 0.228. The zero-order valence-electron chi connectivity index (χ0n) is 9.84. The van der Waals surface area contributed by atoms with Gasteiger partial charge in [0.05, 0.1) is 0 Å². The van der Waals surface area contributed by atoms with Crippen molar-refractivity contribution in [1.29, 1.82) is 0 Å². The Labute approximate surface area is 87.4 Å². The molecule has 3 heteroatoms. The van der Waals surface area contributed by atoms with E-state index in [1.807, 2.05) is 13.8 Å². The number of rotatable bonds is 6. The van der Waals surface area contributed by atoms with Crippen LogP contribution in [0.25, 0.3) is 0 Å². The Morgan fingerprint density at radius 1 is 1.29 bits per heavy atom. The Kier molecular flexibility index (Phi) is 6.54. The van der Waals surface area contributed by atoms with Crippen LogP contribution in [-0.4, -0.2) is 18.5 Å². The van der Waals surface area contributed by atoms with Crippen molar-refractivity contribution in [2.24, 2.45) is 17.6 Å². The highest BCUT2D eigenvalue weighted by molar-refractivity contribution is 5.76. The van der Waals surface area contributed by atoms with Crippen LogP contribution in [0.5, 0.6) is 0 Å². The smallest absolute Gasteiger partial charge is 0.220 e. The van der Waals surface area contributed by atoms with Crippen LogP contribution in [0.4, 0.5) is 0 Å². The van der Waals surface area contributed by atoms with Crippen LogP contribution in [0.3, 0.4) is 0 Å². The van der Waals surface area contributed by atoms with Gasteiger partial charge in [-0.3, -0.25) is 4.79 Å². The first-order valence-corrected chi connectivity index (χ1v) is 5.46. The van der Waals surface area contributed by atoms with Crippen LogP contribution in [0.2, 0.25) is 0 Å². The second-order valence-corrected chi connectivity index (χ2v) is 4.59. The lowest BCUT2D eigenvalue weighted by Crippen LogP contribution is -2.40. The number of amides is 1. The molecular formula is C11H24N2O. The fraction of sp³-hybridized carbons (Fsp3) is 0.909. The second kappa shape index (κ2) is 6.82. The molecule has 0 radical (unpaired) electrons. The molecule has 0 fully saturated rings. The molecule has 0 aromatic rings. The van der Waals surface area contributed by atoms with E-state index in [9.17, 15) is 4.79 Å². The molecule has 3 nitrogen and oxygen atoms in total. The number of hydrogen-bond donors (Lipinski definition) is 2. The standard InChI is InChI=1S/C11H24N2O/c1-8(2)7-11(14)13-10(5-6-12)9(3)4/h8-10H,5-7,12H2,1-4H3,(H,13,14). The molecule has 14 heavy (non-hydrogen) atoms. The van der Waals surface area contributed by atoms with Crippen molar-refractivity contribution in [3.05, 3.63) is 0 Å². The molecule has 1 amide bonds. The number of carbonyl (C=O) groups excluding carboxylic acids is 1. The van der Waals surface area contributed by atoms with Crippen LogP contribution in [0.15, 0.2) is 0 Å². The molecule has 0 spiro atoms. The average Bonchev–Trinajstić information content (AvgIpc) is 2.01. The fourth-order valence-corrected chi connectivity index (χ4v) is 1.39. The summed E-state index contributed by atoms with van der Waals surface area (Å²) in [6.07, 6.45) is 1.47. The minimum Gasteiger partial charge on any atom is -0.353 e. The zero-order valence-corrected chi connectivity index (χ0v) is 9.84. The molecule has 84 valence electrons. The Hall–Kier alpha value is -0.570. The van der Waals surface area contributed by atoms with E-state index in [1.165, 1.54) is 0 Å². The molecule has 1 atom stereocenters. The van der Waals surface area contributed by atoms with E-state index < -0.39 is 0 Å². The van der Waals surface area contributed by atoms with Gasteiger partial charge in [0.25, 0.3) is 0 Å². The fourth-order valence-electron chi connectivity index (χ4n) is 1.39. The number of hydrogen-bond acceptors (Lipinski definition) is 2. The lowest BCUT2D eigenvalue weighted by Gasteiger charge is -2.22. The highest BCUT2D eigenvalue weighted by atomic mass is 16.1. The number of carbonyl (C=O) groups is 1. The summed E-state index contributed by atoms with van der Waals surface area (Å²) < 4.78 is 0. The van der Waals surface area contributed by atoms with Gasteiger partial charge in [-0.15, -0.1) is 0 Å². The van der Waals surface area contributed by atoms with Crippen LogP contribution in [-0.2, 0) is 4.79 Å². The van der Waals surface area contributed by atoms with Gasteiger partial charge in [-0.2, -0.15) is 0 Å². The van der Waals surface area contributed by atoms with Crippen LogP contribution < -0.4 is 11.1 Å². The largest absolute Gasteiger partial charge is 0.353 e. The van der Waals surface area contributed by atoms with Gasteiger partial charge in [0.2, 0.25) is 5.91 Å². The second-order valence-electron chi connectivity index (χ2n) is 4.59. The molecule has 0 aliphatic rings. The van der Waals surface area contributed by atoms with E-state index >= 15 is 0 Å². The third-order valence-electron chi connectivity index (χ3n) is 2.22. The maximum absolute atomic E-state index is 11.5. The maximum atomic E-state index is 11.5. The van der Waals surface area contributed by atoms with Gasteiger partial charge in [0, 0.05) is 12.5 Å². The van der Waals surface area contributed by atoms with E-state index in [-0.39, 0.29) is 11.9 Å². The first-order chi connectivity index (χ1) is 6.47. The average molecular weight is 200 g/mol. The van der Waals surface area contributed by atoms with E-state index in [2.05, 4.69) is 19.2 Å². The number of nitrogens with two attached hydrogens (primary N) is 1. The Morgan fingerprint density at radius 2 is 1.86 bits per heavy atom. The maximum Gasteiger partial charge on any atom is 0.220 e. The summed E-state index contributed by atoms with van der Waals surface area (Å²) >= 11 is 0. The molecule has 0 aliphatic heterocycles. The van der Waals surface area contributed by atoms with Crippen LogP contribution in [0.1, 0.15) is 40.5 Å². The van der Waals surface area contributed by atoms with Gasteiger partial charge in [0.15, 0.2) is 0 Å². The number of nitrogens with one attached hydrogen (secondary N) is 1.